The van der Waals surface area contributed by atoms with E-state index in [9.17, 15) is 8.42 Å². The summed E-state index contributed by atoms with van der Waals surface area (Å²) < 4.78 is 31.6. The Labute approximate surface area is 116 Å². The third kappa shape index (κ3) is 5.02. The Morgan fingerprint density at radius 2 is 2.11 bits per heavy atom. The summed E-state index contributed by atoms with van der Waals surface area (Å²) in [6.07, 6.45) is 5.31. The van der Waals surface area contributed by atoms with Crippen molar-refractivity contribution in [3.05, 3.63) is 0 Å². The number of sulfonamides is 1. The summed E-state index contributed by atoms with van der Waals surface area (Å²) in [5, 5.41) is 3.35. The first-order chi connectivity index (χ1) is 9.12. The molecule has 112 valence electrons. The van der Waals surface area contributed by atoms with E-state index in [1.807, 2.05) is 6.92 Å². The summed E-state index contributed by atoms with van der Waals surface area (Å²) in [5.41, 5.74) is 0. The largest absolute Gasteiger partial charge is 0.377 e. The average Bonchev–Trinajstić information content (AvgIpc) is 3.06. The van der Waals surface area contributed by atoms with E-state index in [1.54, 1.807) is 4.31 Å². The normalized spacial score (nSPS) is 24.2. The summed E-state index contributed by atoms with van der Waals surface area (Å²) in [7, 11) is -3.12. The highest BCUT2D eigenvalue weighted by Crippen LogP contribution is 2.18. The van der Waals surface area contributed by atoms with Crippen molar-refractivity contribution in [3.8, 4) is 0 Å². The molecular formula is C13H26N2O3S. The smallest absolute Gasteiger partial charge is 0.214 e. The summed E-state index contributed by atoms with van der Waals surface area (Å²) in [6, 6.07) is 0.650. The van der Waals surface area contributed by atoms with E-state index in [-0.39, 0.29) is 11.9 Å². The lowest BCUT2D eigenvalue weighted by Crippen LogP contribution is -2.39. The molecule has 0 aromatic rings. The molecule has 6 heteroatoms. The topological polar surface area (TPSA) is 58.6 Å². The van der Waals surface area contributed by atoms with E-state index in [1.165, 1.54) is 12.8 Å². The SMILES string of the molecule is CCN(CC1CCCO1)S(=O)(=O)CCCNC1CC1. The van der Waals surface area contributed by atoms with E-state index < -0.39 is 10.0 Å². The maximum Gasteiger partial charge on any atom is 0.214 e. The van der Waals surface area contributed by atoms with E-state index in [4.69, 9.17) is 4.74 Å². The van der Waals surface area contributed by atoms with E-state index in [2.05, 4.69) is 5.32 Å². The van der Waals surface area contributed by atoms with Gasteiger partial charge in [-0.15, -0.1) is 0 Å². The fourth-order valence-corrected chi connectivity index (χ4v) is 3.99. The van der Waals surface area contributed by atoms with Crippen LogP contribution in [0.4, 0.5) is 0 Å². The maximum atomic E-state index is 12.3. The van der Waals surface area contributed by atoms with Crippen LogP contribution in [-0.4, -0.2) is 56.9 Å². The van der Waals surface area contributed by atoms with Crippen molar-refractivity contribution < 1.29 is 13.2 Å². The van der Waals surface area contributed by atoms with E-state index in [0.29, 0.717) is 25.6 Å². The number of hydrogen-bond donors (Lipinski definition) is 1. The molecule has 5 nitrogen and oxygen atoms in total. The van der Waals surface area contributed by atoms with E-state index in [0.717, 1.165) is 26.0 Å². The summed E-state index contributed by atoms with van der Waals surface area (Å²) in [6.45, 7) is 4.54. The molecule has 0 aromatic carbocycles. The van der Waals surface area contributed by atoms with Crippen LogP contribution >= 0.6 is 0 Å². The van der Waals surface area contributed by atoms with Gasteiger partial charge in [0.2, 0.25) is 10.0 Å². The number of likely N-dealkylation sites (N-methyl/N-ethyl adjacent to an activating group) is 1. The Hall–Kier alpha value is -0.170. The molecule has 2 aliphatic rings. The zero-order valence-corrected chi connectivity index (χ0v) is 12.6. The second-order valence-corrected chi connectivity index (χ2v) is 7.57. The molecule has 1 saturated carbocycles. The van der Waals surface area contributed by atoms with Crippen LogP contribution in [-0.2, 0) is 14.8 Å². The van der Waals surface area contributed by atoms with Gasteiger partial charge in [0.25, 0.3) is 0 Å². The Morgan fingerprint density at radius 3 is 2.68 bits per heavy atom. The first kappa shape index (κ1) is 15.2. The van der Waals surface area contributed by atoms with Crippen LogP contribution < -0.4 is 5.32 Å². The molecule has 1 heterocycles. The lowest BCUT2D eigenvalue weighted by Gasteiger charge is -2.23. The van der Waals surface area contributed by atoms with E-state index >= 15 is 0 Å². The van der Waals surface area contributed by atoms with Crippen molar-refractivity contribution in [3.63, 3.8) is 0 Å². The van der Waals surface area contributed by atoms with Gasteiger partial charge in [0.05, 0.1) is 11.9 Å². The lowest BCUT2D eigenvalue weighted by atomic mass is 10.2. The molecule has 2 rings (SSSR count). The fourth-order valence-electron chi connectivity index (χ4n) is 2.43. The van der Waals surface area contributed by atoms with Crippen LogP contribution in [0.15, 0.2) is 0 Å². The molecule has 19 heavy (non-hydrogen) atoms. The number of ether oxygens (including phenoxy) is 1. The van der Waals surface area contributed by atoms with Crippen LogP contribution in [0.3, 0.4) is 0 Å². The minimum absolute atomic E-state index is 0.0966. The summed E-state index contributed by atoms with van der Waals surface area (Å²) >= 11 is 0. The third-order valence-corrected chi connectivity index (χ3v) is 5.77. The first-order valence-electron chi connectivity index (χ1n) is 7.44. The number of nitrogens with zero attached hydrogens (tertiary/aromatic N) is 1. The zero-order chi connectivity index (χ0) is 13.7. The Balaban J connectivity index is 1.73. The number of rotatable bonds is 9. The highest BCUT2D eigenvalue weighted by molar-refractivity contribution is 7.89. The van der Waals surface area contributed by atoms with Gasteiger partial charge in [0, 0.05) is 25.7 Å². The van der Waals surface area contributed by atoms with Crippen LogP contribution in [0.25, 0.3) is 0 Å². The second-order valence-electron chi connectivity index (χ2n) is 5.48. The molecule has 0 radical (unpaired) electrons. The van der Waals surface area contributed by atoms with Gasteiger partial charge in [-0.2, -0.15) is 4.31 Å². The Bertz CT molecular complexity index is 362. The molecule has 2 fully saturated rings. The highest BCUT2D eigenvalue weighted by atomic mass is 32.2. The first-order valence-corrected chi connectivity index (χ1v) is 9.05. The van der Waals surface area contributed by atoms with Crippen LogP contribution in [0.5, 0.6) is 0 Å². The van der Waals surface area contributed by atoms with Gasteiger partial charge < -0.3 is 10.1 Å². The molecule has 0 amide bonds. The fraction of sp³-hybridized carbons (Fsp3) is 1.00. The molecule has 0 aromatic heterocycles. The van der Waals surface area contributed by atoms with Crippen molar-refractivity contribution >= 4 is 10.0 Å². The average molecular weight is 290 g/mol. The number of hydrogen-bond acceptors (Lipinski definition) is 4. The standard InChI is InChI=1S/C13H26N2O3S/c1-2-15(11-13-5-3-9-18-13)19(16,17)10-4-8-14-12-6-7-12/h12-14H,2-11H2,1H3. The van der Waals surface area contributed by atoms with Crippen LogP contribution in [0.2, 0.25) is 0 Å². The minimum atomic E-state index is -3.12. The molecule has 1 N–H and O–H groups in total. The van der Waals surface area contributed by atoms with Gasteiger partial charge in [-0.1, -0.05) is 6.92 Å². The van der Waals surface area contributed by atoms with Gasteiger partial charge in [0.15, 0.2) is 0 Å². The van der Waals surface area contributed by atoms with Gasteiger partial charge in [0.1, 0.15) is 0 Å². The van der Waals surface area contributed by atoms with Gasteiger partial charge in [-0.05, 0) is 38.6 Å². The third-order valence-electron chi connectivity index (χ3n) is 3.77. The van der Waals surface area contributed by atoms with Gasteiger partial charge in [-0.3, -0.25) is 0 Å². The van der Waals surface area contributed by atoms with Crippen molar-refractivity contribution in [1.29, 1.82) is 0 Å². The van der Waals surface area contributed by atoms with Crippen LogP contribution in [0, 0.1) is 0 Å². The molecule has 1 atom stereocenters. The quantitative estimate of drug-likeness (QED) is 0.643. The van der Waals surface area contributed by atoms with Crippen molar-refractivity contribution in [2.75, 3.05) is 32.0 Å². The molecular weight excluding hydrogens is 264 g/mol. The van der Waals surface area contributed by atoms with Gasteiger partial charge >= 0.3 is 0 Å². The number of nitrogens with one attached hydrogen (secondary N) is 1. The minimum Gasteiger partial charge on any atom is -0.377 e. The lowest BCUT2D eigenvalue weighted by molar-refractivity contribution is 0.0947. The Morgan fingerprint density at radius 1 is 1.32 bits per heavy atom. The van der Waals surface area contributed by atoms with Crippen molar-refractivity contribution in [2.45, 2.75) is 51.2 Å². The predicted molar refractivity (Wildman–Crippen MR) is 75.6 cm³/mol. The monoisotopic (exact) mass is 290 g/mol. The van der Waals surface area contributed by atoms with Crippen molar-refractivity contribution in [1.82, 2.24) is 9.62 Å². The van der Waals surface area contributed by atoms with Crippen LogP contribution in [0.1, 0.15) is 39.0 Å². The molecule has 0 bridgehead atoms. The molecule has 1 aliphatic heterocycles. The highest BCUT2D eigenvalue weighted by Gasteiger charge is 2.26. The predicted octanol–water partition coefficient (Wildman–Crippen LogP) is 0.959. The summed E-state index contributed by atoms with van der Waals surface area (Å²) in [4.78, 5) is 0. The molecule has 1 saturated heterocycles. The molecule has 1 unspecified atom stereocenters. The Kier molecular flexibility index (Phi) is 5.62. The second kappa shape index (κ2) is 7.02. The maximum absolute atomic E-state index is 12.3. The summed E-state index contributed by atoms with van der Waals surface area (Å²) in [5.74, 6) is 0.243. The van der Waals surface area contributed by atoms with Crippen molar-refractivity contribution in [2.24, 2.45) is 0 Å². The van der Waals surface area contributed by atoms with Gasteiger partial charge in [-0.25, -0.2) is 8.42 Å². The molecule has 1 aliphatic carbocycles. The molecule has 0 spiro atoms. The zero-order valence-electron chi connectivity index (χ0n) is 11.8.